The Kier molecular flexibility index (Phi) is 3.15. The van der Waals surface area contributed by atoms with Crippen LogP contribution in [0.25, 0.3) is 10.9 Å². The molecule has 1 aromatic heterocycles. The lowest BCUT2D eigenvalue weighted by Crippen LogP contribution is -2.53. The van der Waals surface area contributed by atoms with Crippen LogP contribution in [-0.2, 0) is 4.74 Å². The molecule has 2 heterocycles. The van der Waals surface area contributed by atoms with E-state index < -0.39 is 0 Å². The van der Waals surface area contributed by atoms with Gasteiger partial charge < -0.3 is 10.1 Å². The maximum absolute atomic E-state index is 12.6. The van der Waals surface area contributed by atoms with Crippen molar-refractivity contribution in [3.05, 3.63) is 41.1 Å². The molecular weight excluding hydrogens is 276 g/mol. The number of hydrogen-bond acceptors (Lipinski definition) is 3. The Morgan fingerprint density at radius 1 is 1.36 bits per heavy atom. The molecule has 1 N–H and O–H groups in total. The first-order chi connectivity index (χ1) is 10.6. The van der Waals surface area contributed by atoms with E-state index >= 15 is 0 Å². The highest BCUT2D eigenvalue weighted by molar-refractivity contribution is 5.99. The first kappa shape index (κ1) is 13.7. The molecule has 0 radical (unpaired) electrons. The van der Waals surface area contributed by atoms with Gasteiger partial charge in [-0.1, -0.05) is 18.2 Å². The van der Waals surface area contributed by atoms with E-state index in [2.05, 4.69) is 10.3 Å². The Hall–Kier alpha value is -1.94. The molecule has 3 unspecified atom stereocenters. The Morgan fingerprint density at radius 2 is 2.23 bits per heavy atom. The monoisotopic (exact) mass is 296 g/mol. The summed E-state index contributed by atoms with van der Waals surface area (Å²) >= 11 is 0. The number of rotatable bonds is 2. The number of amides is 1. The summed E-state index contributed by atoms with van der Waals surface area (Å²) in [4.78, 5) is 17.2. The second kappa shape index (κ2) is 5.06. The molecule has 22 heavy (non-hydrogen) atoms. The number of aromatic nitrogens is 1. The summed E-state index contributed by atoms with van der Waals surface area (Å²) in [7, 11) is 0. The fraction of sp³-hybridized carbons (Fsp3) is 0.444. The van der Waals surface area contributed by atoms with Gasteiger partial charge in [0.2, 0.25) is 0 Å². The summed E-state index contributed by atoms with van der Waals surface area (Å²) in [6, 6.07) is 8.27. The van der Waals surface area contributed by atoms with E-state index in [1.54, 1.807) is 0 Å². The molecule has 1 aliphatic carbocycles. The zero-order valence-electron chi connectivity index (χ0n) is 12.9. The normalized spacial score (nSPS) is 26.5. The molecule has 1 saturated carbocycles. The molecule has 0 spiro atoms. The van der Waals surface area contributed by atoms with Crippen LogP contribution >= 0.6 is 0 Å². The van der Waals surface area contributed by atoms with Crippen LogP contribution in [-0.4, -0.2) is 29.6 Å². The van der Waals surface area contributed by atoms with E-state index in [4.69, 9.17) is 4.74 Å². The second-order valence-electron chi connectivity index (χ2n) is 6.45. The minimum atomic E-state index is -0.0104. The van der Waals surface area contributed by atoms with Gasteiger partial charge in [-0.15, -0.1) is 0 Å². The number of nitrogens with zero attached hydrogens (tertiary/aromatic N) is 1. The Morgan fingerprint density at radius 3 is 3.05 bits per heavy atom. The lowest BCUT2D eigenvalue weighted by atomic mass is 9.76. The van der Waals surface area contributed by atoms with E-state index in [0.29, 0.717) is 17.6 Å². The molecule has 1 saturated heterocycles. The van der Waals surface area contributed by atoms with Gasteiger partial charge in [0.25, 0.3) is 5.91 Å². The van der Waals surface area contributed by atoms with E-state index in [0.717, 1.165) is 41.6 Å². The van der Waals surface area contributed by atoms with Crippen LogP contribution < -0.4 is 5.32 Å². The smallest absolute Gasteiger partial charge is 0.253 e. The number of fused-ring (bicyclic) bond motifs is 2. The van der Waals surface area contributed by atoms with Crippen LogP contribution in [0, 0.1) is 19.8 Å². The fourth-order valence-corrected chi connectivity index (χ4v) is 3.68. The van der Waals surface area contributed by atoms with Crippen LogP contribution in [0.3, 0.4) is 0 Å². The van der Waals surface area contributed by atoms with Crippen molar-refractivity contribution in [2.75, 3.05) is 6.61 Å². The van der Waals surface area contributed by atoms with Gasteiger partial charge in [0.05, 0.1) is 22.9 Å². The number of carbonyl (C=O) groups excluding carboxylic acids is 1. The van der Waals surface area contributed by atoms with Crippen LogP contribution in [0.4, 0.5) is 0 Å². The number of nitrogens with one attached hydrogen (secondary N) is 1. The Bertz CT molecular complexity index is 756. The number of aryl methyl sites for hydroxylation is 2. The molecule has 4 heteroatoms. The predicted molar refractivity (Wildman–Crippen MR) is 84.9 cm³/mol. The van der Waals surface area contributed by atoms with Crippen LogP contribution in [0.15, 0.2) is 24.3 Å². The van der Waals surface area contributed by atoms with Crippen molar-refractivity contribution in [1.82, 2.24) is 10.3 Å². The van der Waals surface area contributed by atoms with Gasteiger partial charge in [0, 0.05) is 24.0 Å². The number of pyridine rings is 1. The summed E-state index contributed by atoms with van der Waals surface area (Å²) in [6.07, 6.45) is 2.36. The van der Waals surface area contributed by atoms with Gasteiger partial charge in [-0.05, 0) is 38.3 Å². The number of para-hydroxylation sites is 1. The molecule has 2 aromatic rings. The van der Waals surface area contributed by atoms with Crippen molar-refractivity contribution in [3.63, 3.8) is 0 Å². The van der Waals surface area contributed by atoms with Gasteiger partial charge in [-0.3, -0.25) is 9.78 Å². The van der Waals surface area contributed by atoms with Crippen molar-refractivity contribution >= 4 is 16.8 Å². The van der Waals surface area contributed by atoms with Crippen molar-refractivity contribution in [3.8, 4) is 0 Å². The maximum Gasteiger partial charge on any atom is 0.253 e. The maximum atomic E-state index is 12.6. The number of carbonyl (C=O) groups is 1. The van der Waals surface area contributed by atoms with E-state index in [1.807, 2.05) is 38.1 Å². The lowest BCUT2D eigenvalue weighted by molar-refractivity contribution is 0.00809. The van der Waals surface area contributed by atoms with Gasteiger partial charge in [-0.25, -0.2) is 0 Å². The predicted octanol–water partition coefficient (Wildman–Crippen LogP) is 2.76. The minimum Gasteiger partial charge on any atom is -0.378 e. The second-order valence-corrected chi connectivity index (χ2v) is 6.45. The Balaban J connectivity index is 1.60. The first-order valence-electron chi connectivity index (χ1n) is 7.93. The van der Waals surface area contributed by atoms with E-state index in [9.17, 15) is 4.79 Å². The third-order valence-electron chi connectivity index (χ3n) is 5.06. The molecule has 1 aliphatic heterocycles. The zero-order valence-corrected chi connectivity index (χ0v) is 12.9. The van der Waals surface area contributed by atoms with E-state index in [-0.39, 0.29) is 11.9 Å². The van der Waals surface area contributed by atoms with Crippen molar-refractivity contribution < 1.29 is 9.53 Å². The van der Waals surface area contributed by atoms with E-state index in [1.165, 1.54) is 0 Å². The average molecular weight is 296 g/mol. The molecule has 2 fully saturated rings. The highest BCUT2D eigenvalue weighted by atomic mass is 16.5. The molecule has 3 atom stereocenters. The van der Waals surface area contributed by atoms with Crippen LogP contribution in [0.2, 0.25) is 0 Å². The molecular formula is C18H20N2O2. The van der Waals surface area contributed by atoms with Gasteiger partial charge in [0.15, 0.2) is 0 Å². The Labute approximate surface area is 129 Å². The largest absolute Gasteiger partial charge is 0.378 e. The molecule has 4 rings (SSSR count). The van der Waals surface area contributed by atoms with Crippen molar-refractivity contribution in [2.24, 2.45) is 5.92 Å². The summed E-state index contributed by atoms with van der Waals surface area (Å²) in [5.74, 6) is 0.490. The SMILES string of the molecule is Cc1nc2c(C)cccc2cc1C(=O)NC1CC2OCCC12. The van der Waals surface area contributed by atoms with Crippen LogP contribution in [0.1, 0.15) is 34.5 Å². The van der Waals surface area contributed by atoms with Crippen molar-refractivity contribution in [2.45, 2.75) is 38.8 Å². The fourth-order valence-electron chi connectivity index (χ4n) is 3.68. The minimum absolute atomic E-state index is 0.0104. The van der Waals surface area contributed by atoms with Gasteiger partial charge in [-0.2, -0.15) is 0 Å². The molecule has 2 aliphatic rings. The lowest BCUT2D eigenvalue weighted by Gasteiger charge is -2.39. The quantitative estimate of drug-likeness (QED) is 0.927. The van der Waals surface area contributed by atoms with Gasteiger partial charge in [0.1, 0.15) is 0 Å². The van der Waals surface area contributed by atoms with Crippen LogP contribution in [0.5, 0.6) is 0 Å². The first-order valence-corrected chi connectivity index (χ1v) is 7.93. The molecule has 114 valence electrons. The summed E-state index contributed by atoms with van der Waals surface area (Å²) < 4.78 is 5.60. The molecule has 4 nitrogen and oxygen atoms in total. The molecule has 1 aromatic carbocycles. The summed E-state index contributed by atoms with van der Waals surface area (Å²) in [5.41, 5.74) is 3.58. The number of benzene rings is 1. The standard InChI is InChI=1S/C18H20N2O2/c1-10-4-3-5-12-8-14(11(2)19-17(10)12)18(21)20-15-9-16-13(15)6-7-22-16/h3-5,8,13,15-16H,6-7,9H2,1-2H3,(H,20,21). The number of hydrogen-bond donors (Lipinski definition) is 1. The van der Waals surface area contributed by atoms with Gasteiger partial charge >= 0.3 is 0 Å². The summed E-state index contributed by atoms with van der Waals surface area (Å²) in [6.45, 7) is 4.78. The average Bonchev–Trinajstić information content (AvgIpc) is 2.86. The van der Waals surface area contributed by atoms with Crippen molar-refractivity contribution in [1.29, 1.82) is 0 Å². The molecule has 1 amide bonds. The third kappa shape index (κ3) is 2.10. The highest BCUT2D eigenvalue weighted by Crippen LogP contribution is 2.38. The number of ether oxygens (including phenoxy) is 1. The third-order valence-corrected chi connectivity index (χ3v) is 5.06. The highest BCUT2D eigenvalue weighted by Gasteiger charge is 2.45. The molecule has 0 bridgehead atoms. The topological polar surface area (TPSA) is 51.2 Å². The zero-order chi connectivity index (χ0) is 15.3. The summed E-state index contributed by atoms with van der Waals surface area (Å²) in [5, 5.41) is 4.19.